The maximum atomic E-state index is 11.2. The number of halogens is 1. The summed E-state index contributed by atoms with van der Waals surface area (Å²) in [5, 5.41) is 12.2. The lowest BCUT2D eigenvalue weighted by atomic mass is 10.1. The molecule has 0 fully saturated rings. The Hall–Kier alpha value is -1.49. The van der Waals surface area contributed by atoms with Crippen molar-refractivity contribution in [3.63, 3.8) is 0 Å². The van der Waals surface area contributed by atoms with Crippen LogP contribution >= 0.6 is 15.9 Å². The van der Waals surface area contributed by atoms with Crippen molar-refractivity contribution in [2.24, 2.45) is 0 Å². The highest BCUT2D eigenvalue weighted by Gasteiger charge is 2.27. The molecule has 1 aliphatic heterocycles. The van der Waals surface area contributed by atoms with Gasteiger partial charge < -0.3 is 15.2 Å². The fraction of sp³-hybridized carbons (Fsp3) is 0.182. The van der Waals surface area contributed by atoms with Gasteiger partial charge in [-0.05, 0) is 34.1 Å². The molecule has 2 rings (SSSR count). The van der Waals surface area contributed by atoms with E-state index >= 15 is 0 Å². The second kappa shape index (κ2) is 4.17. The lowest BCUT2D eigenvalue weighted by Crippen LogP contribution is -2.27. The van der Waals surface area contributed by atoms with Gasteiger partial charge in [-0.15, -0.1) is 0 Å². The summed E-state index contributed by atoms with van der Waals surface area (Å²) in [6, 6.07) is 2.89. The largest absolute Gasteiger partial charge is 0.508 e. The first kappa shape index (κ1) is 11.0. The Bertz CT molecular complexity index is 459. The van der Waals surface area contributed by atoms with E-state index in [1.165, 1.54) is 6.08 Å². The number of carbonyl (C=O) groups excluding carboxylic acids is 1. The highest BCUT2D eigenvalue weighted by molar-refractivity contribution is 9.10. The molecule has 1 aromatic rings. The molecule has 0 aromatic heterocycles. The Kier molecular flexibility index (Phi) is 2.87. The molecule has 0 aliphatic carbocycles. The van der Waals surface area contributed by atoms with Gasteiger partial charge in [-0.25, -0.2) is 0 Å². The molecule has 0 saturated heterocycles. The maximum absolute atomic E-state index is 11.2. The lowest BCUT2D eigenvalue weighted by molar-refractivity contribution is -0.117. The lowest BCUT2D eigenvalue weighted by Gasteiger charge is -2.09. The van der Waals surface area contributed by atoms with Gasteiger partial charge in [-0.2, -0.15) is 0 Å². The van der Waals surface area contributed by atoms with E-state index in [4.69, 9.17) is 4.74 Å². The Balaban J connectivity index is 2.32. The van der Waals surface area contributed by atoms with Crippen LogP contribution in [0.25, 0.3) is 0 Å². The van der Waals surface area contributed by atoms with Crippen LogP contribution in [0.2, 0.25) is 0 Å². The number of phenols is 1. The van der Waals surface area contributed by atoms with E-state index in [-0.39, 0.29) is 17.7 Å². The first-order valence-electron chi connectivity index (χ1n) is 4.70. The molecule has 0 spiro atoms. The zero-order valence-electron chi connectivity index (χ0n) is 8.37. The molecule has 1 atom stereocenters. The fourth-order valence-electron chi connectivity index (χ4n) is 1.62. The Morgan fingerprint density at radius 2 is 2.44 bits per heavy atom. The Labute approximate surface area is 101 Å². The minimum absolute atomic E-state index is 0.133. The standard InChI is InChI=1S/C11H10BrNO3/c1-2-10(15)13-9-5-16-11-7(9)3-6(14)4-8(11)12/h2-4,9,14H,1,5H2,(H,13,15). The predicted molar refractivity (Wildman–Crippen MR) is 62.4 cm³/mol. The summed E-state index contributed by atoms with van der Waals surface area (Å²) in [5.74, 6) is 0.530. The fourth-order valence-corrected chi connectivity index (χ4v) is 2.20. The van der Waals surface area contributed by atoms with Crippen LogP contribution in [-0.4, -0.2) is 17.6 Å². The molecule has 2 N–H and O–H groups in total. The number of phenolic OH excluding ortho intramolecular Hbond substituents is 1. The molecular formula is C11H10BrNO3. The van der Waals surface area contributed by atoms with E-state index in [2.05, 4.69) is 27.8 Å². The highest BCUT2D eigenvalue weighted by Crippen LogP contribution is 2.41. The van der Waals surface area contributed by atoms with Gasteiger partial charge >= 0.3 is 0 Å². The van der Waals surface area contributed by atoms with E-state index in [1.807, 2.05) is 0 Å². The average molecular weight is 284 g/mol. The number of hydrogen-bond donors (Lipinski definition) is 2. The van der Waals surface area contributed by atoms with Crippen molar-refractivity contribution < 1.29 is 14.6 Å². The normalized spacial score (nSPS) is 17.4. The summed E-state index contributed by atoms with van der Waals surface area (Å²) in [6.45, 7) is 3.74. The van der Waals surface area contributed by atoms with E-state index < -0.39 is 0 Å². The van der Waals surface area contributed by atoms with Crippen molar-refractivity contribution in [2.45, 2.75) is 6.04 Å². The van der Waals surface area contributed by atoms with Crippen LogP contribution in [0.1, 0.15) is 11.6 Å². The number of hydrogen-bond acceptors (Lipinski definition) is 3. The molecule has 0 saturated carbocycles. The summed E-state index contributed by atoms with van der Waals surface area (Å²) in [4.78, 5) is 11.2. The number of nitrogens with one attached hydrogen (secondary N) is 1. The molecule has 1 heterocycles. The first-order valence-corrected chi connectivity index (χ1v) is 5.49. The zero-order chi connectivity index (χ0) is 11.7. The second-order valence-electron chi connectivity index (χ2n) is 3.42. The molecule has 1 unspecified atom stereocenters. The average Bonchev–Trinajstić information content (AvgIpc) is 2.61. The van der Waals surface area contributed by atoms with Crippen LogP contribution in [-0.2, 0) is 4.79 Å². The Morgan fingerprint density at radius 3 is 3.12 bits per heavy atom. The van der Waals surface area contributed by atoms with E-state index in [1.54, 1.807) is 12.1 Å². The summed E-state index contributed by atoms with van der Waals surface area (Å²) in [6.07, 6.45) is 1.20. The van der Waals surface area contributed by atoms with Crippen LogP contribution < -0.4 is 10.1 Å². The molecule has 1 amide bonds. The number of carbonyl (C=O) groups is 1. The minimum Gasteiger partial charge on any atom is -0.508 e. The van der Waals surface area contributed by atoms with Gasteiger partial charge in [0.15, 0.2) is 0 Å². The number of fused-ring (bicyclic) bond motifs is 1. The molecule has 1 aliphatic rings. The van der Waals surface area contributed by atoms with Crippen molar-refractivity contribution in [3.8, 4) is 11.5 Å². The van der Waals surface area contributed by atoms with Crippen LogP contribution in [0, 0.1) is 0 Å². The number of ether oxygens (including phenoxy) is 1. The third-order valence-corrected chi connectivity index (χ3v) is 2.92. The highest BCUT2D eigenvalue weighted by atomic mass is 79.9. The summed E-state index contributed by atoms with van der Waals surface area (Å²) >= 11 is 3.29. The smallest absolute Gasteiger partial charge is 0.243 e. The van der Waals surface area contributed by atoms with Crippen molar-refractivity contribution >= 4 is 21.8 Å². The van der Waals surface area contributed by atoms with E-state index in [9.17, 15) is 9.90 Å². The molecule has 1 aromatic carbocycles. The van der Waals surface area contributed by atoms with Crippen LogP contribution in [0.3, 0.4) is 0 Å². The van der Waals surface area contributed by atoms with Gasteiger partial charge in [-0.3, -0.25) is 4.79 Å². The van der Waals surface area contributed by atoms with Gasteiger partial charge in [-0.1, -0.05) is 6.58 Å². The maximum Gasteiger partial charge on any atom is 0.243 e. The minimum atomic E-state index is -0.263. The van der Waals surface area contributed by atoms with E-state index in [0.29, 0.717) is 16.8 Å². The number of amides is 1. The van der Waals surface area contributed by atoms with Crippen molar-refractivity contribution in [1.82, 2.24) is 5.32 Å². The van der Waals surface area contributed by atoms with Gasteiger partial charge in [0.25, 0.3) is 0 Å². The summed E-state index contributed by atoms with van der Waals surface area (Å²) < 4.78 is 6.11. The third-order valence-electron chi connectivity index (χ3n) is 2.33. The van der Waals surface area contributed by atoms with Gasteiger partial charge in [0, 0.05) is 5.56 Å². The monoisotopic (exact) mass is 283 g/mol. The number of benzene rings is 1. The molecule has 4 nitrogen and oxygen atoms in total. The SMILES string of the molecule is C=CC(=O)NC1COc2c(Br)cc(O)cc21. The molecule has 0 bridgehead atoms. The topological polar surface area (TPSA) is 58.6 Å². The van der Waals surface area contributed by atoms with Crippen LogP contribution in [0.5, 0.6) is 11.5 Å². The van der Waals surface area contributed by atoms with Crippen LogP contribution in [0.4, 0.5) is 0 Å². The second-order valence-corrected chi connectivity index (χ2v) is 4.28. The predicted octanol–water partition coefficient (Wildman–Crippen LogP) is 1.89. The molecular weight excluding hydrogens is 274 g/mol. The quantitative estimate of drug-likeness (QED) is 0.815. The summed E-state index contributed by atoms with van der Waals surface area (Å²) in [7, 11) is 0. The molecule has 84 valence electrons. The third kappa shape index (κ3) is 1.90. The zero-order valence-corrected chi connectivity index (χ0v) is 9.95. The van der Waals surface area contributed by atoms with Crippen molar-refractivity contribution in [3.05, 3.63) is 34.8 Å². The molecule has 16 heavy (non-hydrogen) atoms. The van der Waals surface area contributed by atoms with Gasteiger partial charge in [0.1, 0.15) is 18.1 Å². The van der Waals surface area contributed by atoms with Crippen molar-refractivity contribution in [1.29, 1.82) is 0 Å². The van der Waals surface area contributed by atoms with Crippen LogP contribution in [0.15, 0.2) is 29.3 Å². The first-order chi connectivity index (χ1) is 7.61. The number of aromatic hydroxyl groups is 1. The van der Waals surface area contributed by atoms with Gasteiger partial charge in [0.05, 0.1) is 10.5 Å². The number of rotatable bonds is 2. The molecule has 5 heteroatoms. The van der Waals surface area contributed by atoms with Crippen molar-refractivity contribution in [2.75, 3.05) is 6.61 Å². The summed E-state index contributed by atoms with van der Waals surface area (Å²) in [5.41, 5.74) is 0.766. The Morgan fingerprint density at radius 1 is 1.69 bits per heavy atom. The van der Waals surface area contributed by atoms with E-state index in [0.717, 1.165) is 5.56 Å². The van der Waals surface area contributed by atoms with Gasteiger partial charge in [0.2, 0.25) is 5.91 Å². The molecule has 0 radical (unpaired) electrons.